The molecule has 0 aromatic carbocycles. The average molecular weight is 123 g/mol. The number of nitrogens with zero attached hydrogens (tertiary/aromatic N) is 1. The molecule has 9 heavy (non-hydrogen) atoms. The van der Waals surface area contributed by atoms with Crippen molar-refractivity contribution in [3.63, 3.8) is 0 Å². The lowest BCUT2D eigenvalue weighted by atomic mass is 10.2. The molecule has 0 aliphatic carbocycles. The van der Waals surface area contributed by atoms with Gasteiger partial charge in [-0.1, -0.05) is 5.16 Å². The van der Waals surface area contributed by atoms with Crippen molar-refractivity contribution in [2.45, 2.75) is 6.61 Å². The highest BCUT2D eigenvalue weighted by atomic mass is 16.5. The van der Waals surface area contributed by atoms with Crippen LogP contribution in [0.3, 0.4) is 0 Å². The summed E-state index contributed by atoms with van der Waals surface area (Å²) in [7, 11) is 0. The van der Waals surface area contributed by atoms with Crippen molar-refractivity contribution >= 4 is 6.08 Å². The minimum absolute atomic E-state index is 0.530. The van der Waals surface area contributed by atoms with E-state index in [1.54, 1.807) is 12.5 Å². The Kier molecular flexibility index (Phi) is 0.828. The summed E-state index contributed by atoms with van der Waals surface area (Å²) in [6.45, 7) is 0.530. The first-order valence-corrected chi connectivity index (χ1v) is 2.68. The lowest BCUT2D eigenvalue weighted by Crippen LogP contribution is -1.93. The number of rotatable bonds is 0. The van der Waals surface area contributed by atoms with E-state index in [1.165, 1.54) is 0 Å². The first-order valence-electron chi connectivity index (χ1n) is 2.68. The Morgan fingerprint density at radius 2 is 2.56 bits per heavy atom. The Hall–Kier alpha value is -1.25. The second-order valence-corrected chi connectivity index (χ2v) is 1.83. The molecule has 0 fully saturated rings. The van der Waals surface area contributed by atoms with Crippen LogP contribution in [0.1, 0.15) is 11.3 Å². The Morgan fingerprint density at radius 3 is 3.44 bits per heavy atom. The zero-order valence-electron chi connectivity index (χ0n) is 4.70. The Labute approximate surface area is 51.9 Å². The van der Waals surface area contributed by atoms with Crippen LogP contribution >= 0.6 is 0 Å². The van der Waals surface area contributed by atoms with E-state index in [2.05, 4.69) is 9.68 Å². The highest BCUT2D eigenvalue weighted by Gasteiger charge is 2.07. The molecular formula is C6H5NO2. The van der Waals surface area contributed by atoms with Crippen LogP contribution in [0.4, 0.5) is 0 Å². The van der Waals surface area contributed by atoms with Gasteiger partial charge < -0.3 is 9.26 Å². The third kappa shape index (κ3) is 0.614. The second-order valence-electron chi connectivity index (χ2n) is 1.83. The molecule has 0 N–H and O–H groups in total. The lowest BCUT2D eigenvalue weighted by molar-refractivity contribution is 0.224. The maximum absolute atomic E-state index is 4.95. The van der Waals surface area contributed by atoms with Crippen LogP contribution in [-0.2, 0) is 11.3 Å². The molecule has 1 aliphatic rings. The van der Waals surface area contributed by atoms with Crippen molar-refractivity contribution < 1.29 is 9.26 Å². The van der Waals surface area contributed by atoms with Gasteiger partial charge in [-0.05, 0) is 6.08 Å². The molecule has 0 amide bonds. The summed E-state index contributed by atoms with van der Waals surface area (Å²) >= 11 is 0. The van der Waals surface area contributed by atoms with E-state index in [0.29, 0.717) is 6.61 Å². The predicted octanol–water partition coefficient (Wildman–Crippen LogP) is 1.18. The third-order valence-corrected chi connectivity index (χ3v) is 1.24. The Bertz CT molecular complexity index is 239. The normalized spacial score (nSPS) is 14.7. The van der Waals surface area contributed by atoms with E-state index in [-0.39, 0.29) is 0 Å². The number of aromatic nitrogens is 1. The minimum atomic E-state index is 0.530. The summed E-state index contributed by atoms with van der Waals surface area (Å²) in [6.07, 6.45) is 5.07. The second kappa shape index (κ2) is 1.62. The molecule has 2 rings (SSSR count). The van der Waals surface area contributed by atoms with Gasteiger partial charge in [-0.3, -0.25) is 0 Å². The quantitative estimate of drug-likeness (QED) is 0.519. The molecule has 0 radical (unpaired) electrons. The van der Waals surface area contributed by atoms with Crippen LogP contribution in [-0.4, -0.2) is 5.16 Å². The average Bonchev–Trinajstić information content (AvgIpc) is 2.33. The van der Waals surface area contributed by atoms with Gasteiger partial charge in [-0.15, -0.1) is 0 Å². The van der Waals surface area contributed by atoms with E-state index in [4.69, 9.17) is 4.74 Å². The van der Waals surface area contributed by atoms with Crippen molar-refractivity contribution in [3.8, 4) is 0 Å². The topological polar surface area (TPSA) is 35.3 Å². The molecule has 0 saturated carbocycles. The van der Waals surface area contributed by atoms with Gasteiger partial charge in [0.15, 0.2) is 0 Å². The number of ether oxygens (including phenoxy) is 1. The van der Waals surface area contributed by atoms with Gasteiger partial charge >= 0.3 is 0 Å². The first-order chi connectivity index (χ1) is 4.47. The molecule has 1 aliphatic heterocycles. The van der Waals surface area contributed by atoms with Gasteiger partial charge in [-0.25, -0.2) is 0 Å². The molecular weight excluding hydrogens is 118 g/mol. The molecule has 0 unspecified atom stereocenters. The van der Waals surface area contributed by atoms with Crippen LogP contribution in [0.25, 0.3) is 6.08 Å². The minimum Gasteiger partial charge on any atom is -0.495 e. The largest absolute Gasteiger partial charge is 0.495 e. The summed E-state index contributed by atoms with van der Waals surface area (Å²) in [4.78, 5) is 0. The van der Waals surface area contributed by atoms with Crippen LogP contribution in [0, 0.1) is 0 Å². The highest BCUT2D eigenvalue weighted by Crippen LogP contribution is 2.14. The van der Waals surface area contributed by atoms with E-state index < -0.39 is 0 Å². The van der Waals surface area contributed by atoms with Gasteiger partial charge in [0.25, 0.3) is 0 Å². The zero-order valence-corrected chi connectivity index (χ0v) is 4.70. The number of hydrogen-bond donors (Lipinski definition) is 0. The molecule has 0 atom stereocenters. The molecule has 0 spiro atoms. The summed E-state index contributed by atoms with van der Waals surface area (Å²) < 4.78 is 9.64. The fourth-order valence-electron chi connectivity index (χ4n) is 0.761. The van der Waals surface area contributed by atoms with Crippen molar-refractivity contribution in [1.29, 1.82) is 0 Å². The SMILES string of the molecule is C1=Cc2conc2CO1. The van der Waals surface area contributed by atoms with Gasteiger partial charge in [0.1, 0.15) is 18.6 Å². The summed E-state index contributed by atoms with van der Waals surface area (Å²) in [5.41, 5.74) is 1.89. The molecule has 1 aromatic rings. The van der Waals surface area contributed by atoms with E-state index in [0.717, 1.165) is 11.3 Å². The van der Waals surface area contributed by atoms with Gasteiger partial charge in [0.05, 0.1) is 6.26 Å². The molecule has 2 heterocycles. The molecule has 0 saturated heterocycles. The van der Waals surface area contributed by atoms with Crippen LogP contribution in [0.5, 0.6) is 0 Å². The molecule has 3 heteroatoms. The van der Waals surface area contributed by atoms with Gasteiger partial charge in [-0.2, -0.15) is 0 Å². The van der Waals surface area contributed by atoms with Crippen molar-refractivity contribution in [2.75, 3.05) is 0 Å². The van der Waals surface area contributed by atoms with Crippen LogP contribution in [0.15, 0.2) is 17.0 Å². The van der Waals surface area contributed by atoms with Crippen molar-refractivity contribution in [3.05, 3.63) is 23.8 Å². The van der Waals surface area contributed by atoms with Gasteiger partial charge in [0, 0.05) is 5.56 Å². The van der Waals surface area contributed by atoms with E-state index >= 15 is 0 Å². The maximum atomic E-state index is 4.95. The predicted molar refractivity (Wildman–Crippen MR) is 30.3 cm³/mol. The summed E-state index contributed by atoms with van der Waals surface area (Å²) in [6, 6.07) is 0. The van der Waals surface area contributed by atoms with Crippen LogP contribution < -0.4 is 0 Å². The van der Waals surface area contributed by atoms with Crippen molar-refractivity contribution in [1.82, 2.24) is 5.16 Å². The molecule has 46 valence electrons. The van der Waals surface area contributed by atoms with Gasteiger partial charge in [0.2, 0.25) is 0 Å². The smallest absolute Gasteiger partial charge is 0.133 e. The summed E-state index contributed by atoms with van der Waals surface area (Å²) in [5.74, 6) is 0. The Balaban J connectivity index is 2.53. The molecule has 1 aromatic heterocycles. The molecule has 0 bridgehead atoms. The Morgan fingerprint density at radius 1 is 1.56 bits per heavy atom. The monoisotopic (exact) mass is 123 g/mol. The van der Waals surface area contributed by atoms with E-state index in [9.17, 15) is 0 Å². The van der Waals surface area contributed by atoms with Crippen molar-refractivity contribution in [2.24, 2.45) is 0 Å². The zero-order chi connectivity index (χ0) is 6.10. The number of hydrogen-bond acceptors (Lipinski definition) is 3. The third-order valence-electron chi connectivity index (χ3n) is 1.24. The fourth-order valence-corrected chi connectivity index (χ4v) is 0.761. The maximum Gasteiger partial charge on any atom is 0.133 e. The fraction of sp³-hybridized carbons (Fsp3) is 0.167. The lowest BCUT2D eigenvalue weighted by Gasteiger charge is -2.01. The number of fused-ring (bicyclic) bond motifs is 1. The molecule has 3 nitrogen and oxygen atoms in total. The highest BCUT2D eigenvalue weighted by molar-refractivity contribution is 5.50. The summed E-state index contributed by atoms with van der Waals surface area (Å²) in [5, 5.41) is 3.71. The standard InChI is InChI=1S/C6H5NO2/c1-2-8-4-6-5(1)3-9-7-6/h1-3H,4H2. The first kappa shape index (κ1) is 4.61. The van der Waals surface area contributed by atoms with Crippen LogP contribution in [0.2, 0.25) is 0 Å². The van der Waals surface area contributed by atoms with E-state index in [1.807, 2.05) is 6.08 Å².